The smallest absolute Gasteiger partial charge is 0.243 e. The van der Waals surface area contributed by atoms with E-state index in [-0.39, 0.29) is 17.3 Å². The van der Waals surface area contributed by atoms with Crippen molar-refractivity contribution in [3.63, 3.8) is 0 Å². The van der Waals surface area contributed by atoms with Gasteiger partial charge in [-0.05, 0) is 48.5 Å². The van der Waals surface area contributed by atoms with Gasteiger partial charge in [-0.1, -0.05) is 66.0 Å². The molecule has 3 aromatic carbocycles. The van der Waals surface area contributed by atoms with Gasteiger partial charge in [0.1, 0.15) is 11.5 Å². The third-order valence-corrected chi connectivity index (χ3v) is 8.09. The highest BCUT2D eigenvalue weighted by atomic mass is 79.9. The number of carbonyl (C=O) groups excluding carboxylic acids is 1. The molecule has 0 aromatic heterocycles. The van der Waals surface area contributed by atoms with Crippen LogP contribution < -0.4 is 10.1 Å². The van der Waals surface area contributed by atoms with Crippen LogP contribution in [0.5, 0.6) is 11.5 Å². The van der Waals surface area contributed by atoms with Gasteiger partial charge in [0.15, 0.2) is 0 Å². The molecule has 0 bridgehead atoms. The van der Waals surface area contributed by atoms with Crippen molar-refractivity contribution in [1.29, 1.82) is 0 Å². The van der Waals surface area contributed by atoms with Gasteiger partial charge in [-0.2, -0.15) is 4.31 Å². The zero-order valence-electron chi connectivity index (χ0n) is 19.6. The third-order valence-electron chi connectivity index (χ3n) is 5.04. The lowest BCUT2D eigenvalue weighted by molar-refractivity contribution is -0.123. The molecule has 10 heteroatoms. The van der Waals surface area contributed by atoms with E-state index >= 15 is 0 Å². The number of hydrogen-bond acceptors (Lipinski definition) is 4. The molecule has 0 aliphatic heterocycles. The van der Waals surface area contributed by atoms with Crippen LogP contribution in [0.1, 0.15) is 26.3 Å². The summed E-state index contributed by atoms with van der Waals surface area (Å²) in [6.07, 6.45) is 0. The molecule has 0 heterocycles. The van der Waals surface area contributed by atoms with Gasteiger partial charge in [-0.15, -0.1) is 0 Å². The molecule has 0 saturated carbocycles. The van der Waals surface area contributed by atoms with Crippen LogP contribution in [0.25, 0.3) is 0 Å². The van der Waals surface area contributed by atoms with Gasteiger partial charge in [0, 0.05) is 40.8 Å². The van der Waals surface area contributed by atoms with Crippen molar-refractivity contribution in [2.75, 3.05) is 12.4 Å². The molecule has 1 amide bonds. The van der Waals surface area contributed by atoms with E-state index in [9.17, 15) is 13.2 Å². The van der Waals surface area contributed by atoms with E-state index in [0.717, 1.165) is 4.47 Å². The highest BCUT2D eigenvalue weighted by Crippen LogP contribution is 2.33. The second kappa shape index (κ2) is 10.9. The van der Waals surface area contributed by atoms with Crippen LogP contribution in [-0.2, 0) is 21.4 Å². The Bertz CT molecular complexity index is 1340. The van der Waals surface area contributed by atoms with E-state index in [0.29, 0.717) is 32.8 Å². The van der Waals surface area contributed by atoms with Gasteiger partial charge in [0.2, 0.25) is 15.9 Å². The lowest BCUT2D eigenvalue weighted by Crippen LogP contribution is -2.28. The number of hydrogen-bond donors (Lipinski definition) is 1. The Balaban J connectivity index is 1.80. The van der Waals surface area contributed by atoms with Crippen LogP contribution in [0, 0.1) is 5.41 Å². The predicted octanol–water partition coefficient (Wildman–Crippen LogP) is 7.35. The number of benzene rings is 3. The normalized spacial score (nSPS) is 12.0. The molecule has 35 heavy (non-hydrogen) atoms. The Morgan fingerprint density at radius 2 is 1.66 bits per heavy atom. The quantitative estimate of drug-likeness (QED) is 0.308. The Morgan fingerprint density at radius 3 is 2.26 bits per heavy atom. The van der Waals surface area contributed by atoms with Gasteiger partial charge in [-0.25, -0.2) is 8.42 Å². The van der Waals surface area contributed by atoms with Gasteiger partial charge in [0.05, 0.1) is 14.9 Å². The molecule has 0 radical (unpaired) electrons. The molecule has 0 atom stereocenters. The number of anilines is 1. The fourth-order valence-corrected chi connectivity index (χ4v) is 4.73. The molecule has 0 fully saturated rings. The lowest BCUT2D eigenvalue weighted by atomic mass is 9.95. The predicted molar refractivity (Wildman–Crippen MR) is 144 cm³/mol. The Hall–Kier alpha value is -2.10. The number of halogens is 3. The Morgan fingerprint density at radius 1 is 1.00 bits per heavy atom. The molecule has 0 saturated heterocycles. The molecule has 0 aliphatic carbocycles. The molecule has 6 nitrogen and oxygen atoms in total. The van der Waals surface area contributed by atoms with Crippen molar-refractivity contribution >= 4 is 60.7 Å². The average molecular weight is 600 g/mol. The minimum atomic E-state index is -3.81. The SMILES string of the molecule is CN(Cc1ccc(Br)cc1Oc1ccc(Cl)c(Cl)c1)S(=O)(=O)c1ccc(NC(=O)C(C)(C)C)cc1. The van der Waals surface area contributed by atoms with Crippen molar-refractivity contribution in [2.45, 2.75) is 32.2 Å². The topological polar surface area (TPSA) is 75.7 Å². The molecular weight excluding hydrogens is 575 g/mol. The summed E-state index contributed by atoms with van der Waals surface area (Å²) in [5.74, 6) is 0.784. The number of amides is 1. The zero-order chi connectivity index (χ0) is 26.0. The summed E-state index contributed by atoms with van der Waals surface area (Å²) in [6, 6.07) is 16.3. The van der Waals surface area contributed by atoms with Gasteiger partial charge < -0.3 is 10.1 Å². The fourth-order valence-electron chi connectivity index (χ4n) is 2.95. The van der Waals surface area contributed by atoms with E-state index in [2.05, 4.69) is 21.2 Å². The maximum atomic E-state index is 13.2. The average Bonchev–Trinajstić information content (AvgIpc) is 2.77. The Kier molecular flexibility index (Phi) is 8.55. The van der Waals surface area contributed by atoms with E-state index in [4.69, 9.17) is 27.9 Å². The third kappa shape index (κ3) is 6.98. The van der Waals surface area contributed by atoms with Crippen molar-refractivity contribution in [3.05, 3.63) is 80.7 Å². The highest BCUT2D eigenvalue weighted by Gasteiger charge is 2.24. The molecular formula is C25H25BrCl2N2O4S. The van der Waals surface area contributed by atoms with Gasteiger partial charge in [-0.3, -0.25) is 4.79 Å². The molecule has 186 valence electrons. The first-order valence-corrected chi connectivity index (χ1v) is 13.6. The van der Waals surface area contributed by atoms with Crippen molar-refractivity contribution < 1.29 is 17.9 Å². The van der Waals surface area contributed by atoms with E-state index < -0.39 is 15.4 Å². The monoisotopic (exact) mass is 598 g/mol. The van der Waals surface area contributed by atoms with Crippen LogP contribution in [-0.4, -0.2) is 25.7 Å². The van der Waals surface area contributed by atoms with Crippen molar-refractivity contribution in [2.24, 2.45) is 5.41 Å². The molecule has 0 aliphatic rings. The van der Waals surface area contributed by atoms with Gasteiger partial charge in [0.25, 0.3) is 0 Å². The lowest BCUT2D eigenvalue weighted by Gasteiger charge is -2.20. The number of ether oxygens (including phenoxy) is 1. The minimum absolute atomic E-state index is 0.0643. The number of rotatable bonds is 7. The summed E-state index contributed by atoms with van der Waals surface area (Å²) in [5.41, 5.74) is 0.614. The second-order valence-corrected chi connectivity index (χ2v) is 12.7. The van der Waals surface area contributed by atoms with Crippen molar-refractivity contribution in [3.8, 4) is 11.5 Å². The number of carbonyl (C=O) groups is 1. The highest BCUT2D eigenvalue weighted by molar-refractivity contribution is 9.10. The number of nitrogens with one attached hydrogen (secondary N) is 1. The molecule has 3 aromatic rings. The van der Waals surface area contributed by atoms with E-state index in [1.54, 1.807) is 63.2 Å². The van der Waals surface area contributed by atoms with Crippen LogP contribution >= 0.6 is 39.1 Å². The maximum absolute atomic E-state index is 13.2. The number of sulfonamides is 1. The molecule has 0 unspecified atom stereocenters. The first-order valence-electron chi connectivity index (χ1n) is 10.6. The van der Waals surface area contributed by atoms with Crippen LogP contribution in [0.15, 0.2) is 70.0 Å². The van der Waals surface area contributed by atoms with Gasteiger partial charge >= 0.3 is 0 Å². The van der Waals surface area contributed by atoms with Crippen LogP contribution in [0.3, 0.4) is 0 Å². The summed E-state index contributed by atoms with van der Waals surface area (Å²) in [6.45, 7) is 5.47. The minimum Gasteiger partial charge on any atom is -0.457 e. The largest absolute Gasteiger partial charge is 0.457 e. The second-order valence-electron chi connectivity index (χ2n) is 8.92. The number of nitrogens with zero attached hydrogens (tertiary/aromatic N) is 1. The Labute approximate surface area is 224 Å². The summed E-state index contributed by atoms with van der Waals surface area (Å²) < 4.78 is 34.4. The van der Waals surface area contributed by atoms with Crippen molar-refractivity contribution in [1.82, 2.24) is 4.31 Å². The maximum Gasteiger partial charge on any atom is 0.243 e. The molecule has 0 spiro atoms. The fraction of sp³-hybridized carbons (Fsp3) is 0.240. The summed E-state index contributed by atoms with van der Waals surface area (Å²) >= 11 is 15.5. The molecule has 3 rings (SSSR count). The standard InChI is InChI=1S/C25H25BrCl2N2O4S/c1-25(2,3)24(31)29-18-7-10-20(11-8-18)35(32,33)30(4)15-16-5-6-17(26)13-23(16)34-19-9-12-21(27)22(28)14-19/h5-14H,15H2,1-4H3,(H,29,31). The van der Waals surface area contributed by atoms with E-state index in [1.807, 2.05) is 6.07 Å². The first kappa shape index (κ1) is 27.5. The zero-order valence-corrected chi connectivity index (χ0v) is 23.5. The summed E-state index contributed by atoms with van der Waals surface area (Å²) in [5, 5.41) is 3.54. The summed E-state index contributed by atoms with van der Waals surface area (Å²) in [4.78, 5) is 12.3. The van der Waals surface area contributed by atoms with Crippen LogP contribution in [0.4, 0.5) is 5.69 Å². The van der Waals surface area contributed by atoms with E-state index in [1.165, 1.54) is 23.5 Å². The summed E-state index contributed by atoms with van der Waals surface area (Å²) in [7, 11) is -2.31. The first-order chi connectivity index (χ1) is 16.3. The van der Waals surface area contributed by atoms with Crippen LogP contribution in [0.2, 0.25) is 10.0 Å². The molecule has 1 N–H and O–H groups in total.